The van der Waals surface area contributed by atoms with Crippen LogP contribution in [0.15, 0.2) is 0 Å². The molecular weight excluding hydrogens is 135 g/mol. The minimum absolute atomic E-state index is 0. The summed E-state index contributed by atoms with van der Waals surface area (Å²) >= 11 is 0. The molecule has 4 heteroatoms. The van der Waals surface area contributed by atoms with Gasteiger partial charge in [0.05, 0.1) is 26.4 Å². The van der Waals surface area contributed by atoms with E-state index in [0.29, 0.717) is 0 Å². The van der Waals surface area contributed by atoms with Crippen LogP contribution in [-0.4, -0.2) is 83.3 Å². The molecule has 0 aromatic carbocycles. The van der Waals surface area contributed by atoms with Gasteiger partial charge in [0.2, 0.25) is 0 Å². The largest absolute Gasteiger partial charge is 0.412 e. The van der Waals surface area contributed by atoms with Gasteiger partial charge in [0.1, 0.15) is 0 Å². The molecule has 0 amide bonds. The maximum Gasteiger partial charge on any atom is 0.0701 e. The van der Waals surface area contributed by atoms with Crippen molar-refractivity contribution in [1.29, 1.82) is 0 Å². The van der Waals surface area contributed by atoms with Crippen LogP contribution in [0.5, 0.6) is 0 Å². The zero-order valence-corrected chi connectivity index (χ0v) is 8.27. The summed E-state index contributed by atoms with van der Waals surface area (Å²) in [7, 11) is 0. The fraction of sp³-hybridized carbons (Fsp3) is 1.00. The number of hydrogen-bond donors (Lipinski definition) is 0. The molecule has 0 aromatic rings. The molecule has 1 radical (unpaired) electrons. The molecule has 0 spiro atoms. The fourth-order valence-electron chi connectivity index (χ4n) is 0.440. The van der Waals surface area contributed by atoms with E-state index in [-0.39, 0.29) is 56.9 Å². The van der Waals surface area contributed by atoms with Crippen molar-refractivity contribution < 1.29 is 14.9 Å². The van der Waals surface area contributed by atoms with E-state index in [1.165, 1.54) is 0 Å². The summed E-state index contributed by atoms with van der Waals surface area (Å²) in [5.41, 5.74) is 0. The molecular formula is C4H10KO3. The summed E-state index contributed by atoms with van der Waals surface area (Å²) in [5, 5.41) is 0. The molecule has 0 aromatic heterocycles. The molecule has 0 bridgehead atoms. The Kier molecular flexibility index (Phi) is 13.0. The van der Waals surface area contributed by atoms with E-state index in [1.54, 1.807) is 0 Å². The molecule has 8 heavy (non-hydrogen) atoms. The summed E-state index contributed by atoms with van der Waals surface area (Å²) in [4.78, 5) is 0. The molecule has 0 aliphatic carbocycles. The Morgan fingerprint density at radius 1 is 0.750 bits per heavy atom. The van der Waals surface area contributed by atoms with E-state index < -0.39 is 0 Å². The predicted molar refractivity (Wildman–Crippen MR) is 31.0 cm³/mol. The minimum Gasteiger partial charge on any atom is -0.412 e. The Bertz CT molecular complexity index is 26.8. The second-order valence-electron chi connectivity index (χ2n) is 1.22. The Labute approximate surface area is 91.5 Å². The van der Waals surface area contributed by atoms with Crippen molar-refractivity contribution in [2.24, 2.45) is 0 Å². The van der Waals surface area contributed by atoms with Crippen LogP contribution in [0.3, 0.4) is 0 Å². The van der Waals surface area contributed by atoms with E-state index in [1.807, 2.05) is 0 Å². The van der Waals surface area contributed by atoms with Crippen molar-refractivity contribution in [1.82, 2.24) is 0 Å². The van der Waals surface area contributed by atoms with Gasteiger partial charge >= 0.3 is 0 Å². The van der Waals surface area contributed by atoms with Gasteiger partial charge < -0.3 is 14.9 Å². The maximum absolute atomic E-state index is 4.94. The molecule has 1 aliphatic rings. The predicted octanol–water partition coefficient (Wildman–Crippen LogP) is -1.17. The van der Waals surface area contributed by atoms with E-state index in [9.17, 15) is 0 Å². The quantitative estimate of drug-likeness (QED) is 0.403. The minimum atomic E-state index is 0. The molecule has 45 valence electrons. The molecule has 1 aliphatic heterocycles. The van der Waals surface area contributed by atoms with Crippen molar-refractivity contribution >= 4 is 51.4 Å². The van der Waals surface area contributed by atoms with Gasteiger partial charge in [-0.15, -0.1) is 0 Å². The summed E-state index contributed by atoms with van der Waals surface area (Å²) in [5.74, 6) is 0. The van der Waals surface area contributed by atoms with Gasteiger partial charge in [0.15, 0.2) is 0 Å². The van der Waals surface area contributed by atoms with Crippen LogP contribution in [0.2, 0.25) is 0 Å². The van der Waals surface area contributed by atoms with E-state index in [0.717, 1.165) is 26.4 Å². The van der Waals surface area contributed by atoms with Crippen molar-refractivity contribution in [3.63, 3.8) is 0 Å². The molecule has 1 saturated heterocycles. The Balaban J connectivity index is 0. The fourth-order valence-corrected chi connectivity index (χ4v) is 0.440. The molecule has 0 saturated carbocycles. The first-order valence-corrected chi connectivity index (χ1v) is 2.15. The standard InChI is InChI=1S/C4H8O2.K.H2O/c1-2-6-4-3-5-1;;/h1-4H2;;1H2. The monoisotopic (exact) mass is 145 g/mol. The summed E-state index contributed by atoms with van der Waals surface area (Å²) in [6.45, 7) is 3.11. The topological polar surface area (TPSA) is 50.0 Å². The van der Waals surface area contributed by atoms with E-state index >= 15 is 0 Å². The Morgan fingerprint density at radius 3 is 1.12 bits per heavy atom. The van der Waals surface area contributed by atoms with Gasteiger partial charge in [-0.3, -0.25) is 0 Å². The first-order chi connectivity index (χ1) is 3.00. The summed E-state index contributed by atoms with van der Waals surface area (Å²) < 4.78 is 9.89. The second-order valence-corrected chi connectivity index (χ2v) is 1.22. The summed E-state index contributed by atoms with van der Waals surface area (Å²) in [6.07, 6.45) is 0. The second kappa shape index (κ2) is 8.52. The Morgan fingerprint density at radius 2 is 1.00 bits per heavy atom. The van der Waals surface area contributed by atoms with Crippen LogP contribution < -0.4 is 0 Å². The van der Waals surface area contributed by atoms with Crippen LogP contribution in [0.4, 0.5) is 0 Å². The molecule has 0 unspecified atom stereocenters. The summed E-state index contributed by atoms with van der Waals surface area (Å²) in [6, 6.07) is 0. The zero-order chi connectivity index (χ0) is 4.24. The van der Waals surface area contributed by atoms with Crippen LogP contribution >= 0.6 is 0 Å². The van der Waals surface area contributed by atoms with E-state index in [4.69, 9.17) is 9.47 Å². The molecule has 0 atom stereocenters. The van der Waals surface area contributed by atoms with Crippen LogP contribution in [0.1, 0.15) is 0 Å². The average molecular weight is 145 g/mol. The number of ether oxygens (including phenoxy) is 2. The van der Waals surface area contributed by atoms with Gasteiger partial charge in [0.25, 0.3) is 0 Å². The Hall–Kier alpha value is 1.52. The third-order valence-electron chi connectivity index (χ3n) is 0.744. The van der Waals surface area contributed by atoms with E-state index in [2.05, 4.69) is 0 Å². The third kappa shape index (κ3) is 5.65. The van der Waals surface area contributed by atoms with Crippen molar-refractivity contribution in [2.45, 2.75) is 0 Å². The van der Waals surface area contributed by atoms with Gasteiger partial charge in [-0.2, -0.15) is 0 Å². The van der Waals surface area contributed by atoms with Gasteiger partial charge in [-0.25, -0.2) is 0 Å². The van der Waals surface area contributed by atoms with Crippen molar-refractivity contribution in [2.75, 3.05) is 26.4 Å². The molecule has 1 rings (SSSR count). The molecule has 3 nitrogen and oxygen atoms in total. The third-order valence-corrected chi connectivity index (χ3v) is 0.744. The number of hydrogen-bond acceptors (Lipinski definition) is 2. The van der Waals surface area contributed by atoms with Gasteiger partial charge in [-0.1, -0.05) is 0 Å². The first-order valence-electron chi connectivity index (χ1n) is 2.15. The van der Waals surface area contributed by atoms with Crippen LogP contribution in [0, 0.1) is 0 Å². The SMILES string of the molecule is C1COCCO1.O.[K]. The first kappa shape index (κ1) is 12.2. The normalized spacial score (nSPS) is 18.0. The number of rotatable bonds is 0. The van der Waals surface area contributed by atoms with Crippen molar-refractivity contribution in [3.8, 4) is 0 Å². The van der Waals surface area contributed by atoms with Gasteiger partial charge in [-0.05, 0) is 0 Å². The smallest absolute Gasteiger partial charge is 0.0701 e. The molecule has 2 N–H and O–H groups in total. The van der Waals surface area contributed by atoms with Crippen molar-refractivity contribution in [3.05, 3.63) is 0 Å². The molecule has 1 fully saturated rings. The molecule has 1 heterocycles. The van der Waals surface area contributed by atoms with Gasteiger partial charge in [0, 0.05) is 51.4 Å². The average Bonchev–Trinajstić information content (AvgIpc) is 1.72. The van der Waals surface area contributed by atoms with Crippen LogP contribution in [0.25, 0.3) is 0 Å². The maximum atomic E-state index is 4.94. The zero-order valence-electron chi connectivity index (χ0n) is 5.14. The van der Waals surface area contributed by atoms with Crippen LogP contribution in [-0.2, 0) is 9.47 Å².